The first-order chi connectivity index (χ1) is 14.4. The van der Waals surface area contributed by atoms with Gasteiger partial charge in [0.1, 0.15) is 35.8 Å². The minimum absolute atomic E-state index is 0.0916. The minimum Gasteiger partial charge on any atom is -0.486 e. The van der Waals surface area contributed by atoms with E-state index >= 15 is 0 Å². The van der Waals surface area contributed by atoms with Crippen LogP contribution >= 0.6 is 0 Å². The molecule has 0 saturated heterocycles. The van der Waals surface area contributed by atoms with Gasteiger partial charge in [0.25, 0.3) is 0 Å². The third-order valence-electron chi connectivity index (χ3n) is 5.42. The van der Waals surface area contributed by atoms with E-state index in [4.69, 9.17) is 19.9 Å². The number of anilines is 1. The van der Waals surface area contributed by atoms with Crippen LogP contribution in [-0.2, 0) is 7.05 Å². The molecule has 3 atom stereocenters. The fourth-order valence-electron chi connectivity index (χ4n) is 3.71. The van der Waals surface area contributed by atoms with Crippen LogP contribution in [0.4, 0.5) is 5.82 Å². The summed E-state index contributed by atoms with van der Waals surface area (Å²) < 4.78 is 20.1. The molecular weight excluding hydrogens is 382 g/mol. The van der Waals surface area contributed by atoms with Crippen LogP contribution in [0.25, 0.3) is 11.1 Å². The van der Waals surface area contributed by atoms with Crippen molar-refractivity contribution in [3.05, 3.63) is 47.3 Å². The summed E-state index contributed by atoms with van der Waals surface area (Å²) in [5.74, 6) is 1.82. The first-order valence-corrected chi connectivity index (χ1v) is 9.78. The van der Waals surface area contributed by atoms with Crippen molar-refractivity contribution in [3.63, 3.8) is 0 Å². The van der Waals surface area contributed by atoms with Crippen molar-refractivity contribution in [3.8, 4) is 34.6 Å². The number of nitrogen functional groups attached to an aromatic ring is 1. The molecule has 30 heavy (non-hydrogen) atoms. The van der Waals surface area contributed by atoms with Gasteiger partial charge in [-0.25, -0.2) is 4.98 Å². The van der Waals surface area contributed by atoms with Crippen LogP contribution in [0.2, 0.25) is 0 Å². The summed E-state index contributed by atoms with van der Waals surface area (Å²) >= 11 is 0. The molecule has 8 heteroatoms. The quantitative estimate of drug-likeness (QED) is 0.613. The summed E-state index contributed by atoms with van der Waals surface area (Å²) in [6.45, 7) is 3.98. The number of aryl methyl sites for hydroxylation is 2. The van der Waals surface area contributed by atoms with E-state index in [1.54, 1.807) is 19.3 Å². The second-order valence-electron chi connectivity index (χ2n) is 7.72. The average molecular weight is 403 g/mol. The molecule has 2 aromatic heterocycles. The summed E-state index contributed by atoms with van der Waals surface area (Å²) in [7, 11) is 1.71. The molecular formula is C22H21N5O3. The Bertz CT molecular complexity index is 1200. The summed E-state index contributed by atoms with van der Waals surface area (Å²) in [5.41, 5.74) is 9.74. The molecule has 152 valence electrons. The maximum Gasteiger partial charge on any atom is 0.242 e. The SMILES string of the molecule is Cc1ccc2c(c1)[C@@H](C)Oc1cc(cnc1N)-c1c(nn(C)c1C#N)OC1CC1O2. The van der Waals surface area contributed by atoms with Crippen LogP contribution in [0.3, 0.4) is 0 Å². The number of ether oxygens (including phenoxy) is 3. The Morgan fingerprint density at radius 1 is 1.17 bits per heavy atom. The number of hydrogen-bond donors (Lipinski definition) is 1. The average Bonchev–Trinajstić information content (AvgIpc) is 3.36. The molecule has 8 nitrogen and oxygen atoms in total. The molecule has 0 amide bonds. The summed E-state index contributed by atoms with van der Waals surface area (Å²) in [6.07, 6.45) is 1.80. The Morgan fingerprint density at radius 2 is 1.97 bits per heavy atom. The lowest BCUT2D eigenvalue weighted by Crippen LogP contribution is -2.12. The normalized spacial score (nSPS) is 21.6. The zero-order chi connectivity index (χ0) is 21.0. The highest BCUT2D eigenvalue weighted by atomic mass is 16.6. The third kappa shape index (κ3) is 2.99. The predicted molar refractivity (Wildman–Crippen MR) is 109 cm³/mol. The van der Waals surface area contributed by atoms with Gasteiger partial charge in [-0.3, -0.25) is 4.68 Å². The van der Waals surface area contributed by atoms with Crippen molar-refractivity contribution in [2.45, 2.75) is 38.6 Å². The molecule has 1 aliphatic carbocycles. The van der Waals surface area contributed by atoms with Crippen molar-refractivity contribution < 1.29 is 14.2 Å². The Kier molecular flexibility index (Phi) is 4.07. The van der Waals surface area contributed by atoms with Crippen LogP contribution in [0, 0.1) is 18.3 Å². The largest absolute Gasteiger partial charge is 0.486 e. The van der Waals surface area contributed by atoms with E-state index in [1.807, 2.05) is 26.0 Å². The monoisotopic (exact) mass is 403 g/mol. The van der Waals surface area contributed by atoms with Crippen LogP contribution in [0.5, 0.6) is 17.4 Å². The summed E-state index contributed by atoms with van der Waals surface area (Å²) in [4.78, 5) is 4.29. The third-order valence-corrected chi connectivity index (χ3v) is 5.42. The van der Waals surface area contributed by atoms with E-state index in [0.717, 1.165) is 23.3 Å². The number of aromatic nitrogens is 3. The maximum absolute atomic E-state index is 9.68. The van der Waals surface area contributed by atoms with Crippen molar-refractivity contribution in [1.82, 2.24) is 14.8 Å². The molecule has 2 N–H and O–H groups in total. The molecule has 2 aliphatic rings. The standard InChI is InChI=1S/C22H21N5O3/c1-11-4-5-16-14(6-11)12(2)28-19-7-13(10-25-21(19)24)20-15(9-23)27(3)26-22(20)30-18-8-17(18)29-16/h4-7,10,12,17-18H,8H2,1-3H3,(H2,24,25)/t12-,17?,18?/m1/s1. The lowest BCUT2D eigenvalue weighted by Gasteiger charge is -2.20. The summed E-state index contributed by atoms with van der Waals surface area (Å²) in [6, 6.07) is 9.99. The molecule has 0 spiro atoms. The Balaban J connectivity index is 1.68. The fourth-order valence-corrected chi connectivity index (χ4v) is 3.71. The number of hydrogen-bond acceptors (Lipinski definition) is 7. The Morgan fingerprint density at radius 3 is 2.77 bits per heavy atom. The lowest BCUT2D eigenvalue weighted by atomic mass is 10.1. The number of nitrogens with two attached hydrogens (primary N) is 1. The highest BCUT2D eigenvalue weighted by Gasteiger charge is 2.44. The van der Waals surface area contributed by atoms with Crippen LogP contribution in [0.15, 0.2) is 30.5 Å². The zero-order valence-electron chi connectivity index (χ0n) is 16.9. The van der Waals surface area contributed by atoms with Gasteiger partial charge in [0.05, 0.1) is 5.56 Å². The Hall–Kier alpha value is -3.73. The molecule has 0 radical (unpaired) electrons. The van der Waals surface area contributed by atoms with Gasteiger partial charge < -0.3 is 19.9 Å². The van der Waals surface area contributed by atoms with Gasteiger partial charge in [-0.05, 0) is 32.0 Å². The number of fused-ring (bicyclic) bond motifs is 6. The molecule has 3 heterocycles. The minimum atomic E-state index is -0.318. The number of rotatable bonds is 0. The van der Waals surface area contributed by atoms with E-state index in [-0.39, 0.29) is 24.1 Å². The predicted octanol–water partition coefficient (Wildman–Crippen LogP) is 3.30. The van der Waals surface area contributed by atoms with E-state index in [1.165, 1.54) is 4.68 Å². The molecule has 1 saturated carbocycles. The van der Waals surface area contributed by atoms with Crippen molar-refractivity contribution in [2.24, 2.45) is 7.05 Å². The van der Waals surface area contributed by atoms with Crippen molar-refractivity contribution in [2.75, 3.05) is 5.73 Å². The Labute approximate surface area is 173 Å². The van der Waals surface area contributed by atoms with E-state index in [0.29, 0.717) is 28.5 Å². The molecule has 1 aliphatic heterocycles. The van der Waals surface area contributed by atoms with Gasteiger partial charge in [-0.15, -0.1) is 5.10 Å². The highest BCUT2D eigenvalue weighted by Crippen LogP contribution is 2.42. The maximum atomic E-state index is 9.68. The highest BCUT2D eigenvalue weighted by molar-refractivity contribution is 5.76. The topological polar surface area (TPSA) is 108 Å². The zero-order valence-corrected chi connectivity index (χ0v) is 16.9. The van der Waals surface area contributed by atoms with Crippen LogP contribution < -0.4 is 19.9 Å². The van der Waals surface area contributed by atoms with Gasteiger partial charge in [-0.1, -0.05) is 11.6 Å². The number of nitrogens with zero attached hydrogens (tertiary/aromatic N) is 4. The number of nitriles is 1. The molecule has 2 bridgehead atoms. The van der Waals surface area contributed by atoms with Gasteiger partial charge in [0.15, 0.2) is 11.6 Å². The lowest BCUT2D eigenvalue weighted by molar-refractivity contribution is 0.191. The number of pyridine rings is 1. The second kappa shape index (κ2) is 6.66. The van der Waals surface area contributed by atoms with E-state index in [9.17, 15) is 5.26 Å². The first kappa shape index (κ1) is 18.3. The second-order valence-corrected chi connectivity index (χ2v) is 7.72. The van der Waals surface area contributed by atoms with Gasteiger partial charge in [0, 0.05) is 30.8 Å². The smallest absolute Gasteiger partial charge is 0.242 e. The molecule has 2 unspecified atom stereocenters. The molecule has 1 aromatic carbocycles. The van der Waals surface area contributed by atoms with Crippen LogP contribution in [-0.4, -0.2) is 27.0 Å². The van der Waals surface area contributed by atoms with E-state index < -0.39 is 0 Å². The van der Waals surface area contributed by atoms with Crippen LogP contribution in [0.1, 0.15) is 36.3 Å². The number of benzene rings is 1. The van der Waals surface area contributed by atoms with Gasteiger partial charge in [0.2, 0.25) is 5.88 Å². The van der Waals surface area contributed by atoms with Gasteiger partial charge in [-0.2, -0.15) is 5.26 Å². The fraction of sp³-hybridized carbons (Fsp3) is 0.318. The first-order valence-electron chi connectivity index (χ1n) is 9.78. The van der Waals surface area contributed by atoms with E-state index in [2.05, 4.69) is 22.2 Å². The van der Waals surface area contributed by atoms with Crippen molar-refractivity contribution in [1.29, 1.82) is 5.26 Å². The summed E-state index contributed by atoms with van der Waals surface area (Å²) in [5, 5.41) is 14.1. The van der Waals surface area contributed by atoms with Gasteiger partial charge >= 0.3 is 0 Å². The molecule has 3 aromatic rings. The molecule has 5 rings (SSSR count). The molecule has 1 fully saturated rings. The van der Waals surface area contributed by atoms with Crippen molar-refractivity contribution >= 4 is 5.82 Å².